The van der Waals surface area contributed by atoms with Crippen LogP contribution in [0.25, 0.3) is 22.1 Å². The standard InChI is InChI=1S/C19H20N2O/c1-11-5-8-15-16-4-3-9-20-19(16)22-18(15)17(11)21-12(2)13-6-7-14(21)10-13/h3-5,8-9,12-14H,6-7,10H2,1-2H3/t12-,13?,14?/m0/s1. The molecular weight excluding hydrogens is 272 g/mol. The Morgan fingerprint density at radius 2 is 2.09 bits per heavy atom. The average molecular weight is 292 g/mol. The van der Waals surface area contributed by atoms with Crippen LogP contribution in [0.5, 0.6) is 0 Å². The molecule has 2 bridgehead atoms. The first-order valence-electron chi connectivity index (χ1n) is 8.29. The van der Waals surface area contributed by atoms with Gasteiger partial charge in [0, 0.05) is 29.1 Å². The van der Waals surface area contributed by atoms with Crippen molar-refractivity contribution in [1.82, 2.24) is 4.98 Å². The minimum Gasteiger partial charge on any atom is -0.436 e. The van der Waals surface area contributed by atoms with Crippen LogP contribution in [-0.2, 0) is 0 Å². The fraction of sp³-hybridized carbons (Fsp3) is 0.421. The number of furan rings is 1. The van der Waals surface area contributed by atoms with Crippen molar-refractivity contribution in [3.05, 3.63) is 36.0 Å². The van der Waals surface area contributed by atoms with Crippen LogP contribution in [0, 0.1) is 12.8 Å². The van der Waals surface area contributed by atoms with Gasteiger partial charge in [0.1, 0.15) is 0 Å². The van der Waals surface area contributed by atoms with Crippen LogP contribution in [0.1, 0.15) is 31.7 Å². The third-order valence-electron chi connectivity index (χ3n) is 5.81. The number of hydrogen-bond donors (Lipinski definition) is 0. The van der Waals surface area contributed by atoms with E-state index in [0.29, 0.717) is 12.1 Å². The lowest BCUT2D eigenvalue weighted by Crippen LogP contribution is -2.39. The minimum absolute atomic E-state index is 0.615. The van der Waals surface area contributed by atoms with E-state index < -0.39 is 0 Å². The Morgan fingerprint density at radius 1 is 1.18 bits per heavy atom. The third-order valence-corrected chi connectivity index (χ3v) is 5.81. The van der Waals surface area contributed by atoms with Gasteiger partial charge in [-0.05, 0) is 56.7 Å². The Kier molecular flexibility index (Phi) is 2.42. The molecule has 3 heterocycles. The molecule has 3 aromatic rings. The zero-order valence-corrected chi connectivity index (χ0v) is 13.0. The SMILES string of the molecule is Cc1ccc2c(oc3ncccc32)c1N1C2CCC(C2)[C@@H]1C. The Bertz CT molecular complexity index is 880. The second-order valence-corrected chi connectivity index (χ2v) is 6.94. The predicted molar refractivity (Wildman–Crippen MR) is 89.3 cm³/mol. The van der Waals surface area contributed by atoms with E-state index in [4.69, 9.17) is 4.42 Å². The van der Waals surface area contributed by atoms with E-state index in [1.807, 2.05) is 6.07 Å². The Balaban J connectivity index is 1.81. The van der Waals surface area contributed by atoms with Crippen molar-refractivity contribution in [3.63, 3.8) is 0 Å². The Labute approximate surface area is 129 Å². The van der Waals surface area contributed by atoms with E-state index in [-0.39, 0.29) is 0 Å². The first-order chi connectivity index (χ1) is 10.7. The molecule has 0 radical (unpaired) electrons. The molecule has 2 unspecified atom stereocenters. The van der Waals surface area contributed by atoms with Crippen molar-refractivity contribution in [2.75, 3.05) is 4.90 Å². The zero-order valence-electron chi connectivity index (χ0n) is 13.0. The lowest BCUT2D eigenvalue weighted by atomic mass is 9.98. The van der Waals surface area contributed by atoms with Crippen molar-refractivity contribution in [2.45, 2.75) is 45.2 Å². The number of nitrogens with zero attached hydrogens (tertiary/aromatic N) is 2. The quantitative estimate of drug-likeness (QED) is 0.653. The van der Waals surface area contributed by atoms with Gasteiger partial charge < -0.3 is 9.32 Å². The molecular formula is C19H20N2O. The summed E-state index contributed by atoms with van der Waals surface area (Å²) in [6.45, 7) is 4.58. The van der Waals surface area contributed by atoms with Crippen LogP contribution in [-0.4, -0.2) is 17.1 Å². The fourth-order valence-corrected chi connectivity index (χ4v) is 4.71. The van der Waals surface area contributed by atoms with Crippen molar-refractivity contribution < 1.29 is 4.42 Å². The number of aromatic nitrogens is 1. The van der Waals surface area contributed by atoms with Gasteiger partial charge in [-0.1, -0.05) is 12.1 Å². The molecule has 1 aliphatic heterocycles. The van der Waals surface area contributed by atoms with E-state index in [9.17, 15) is 0 Å². The van der Waals surface area contributed by atoms with Gasteiger partial charge in [0.2, 0.25) is 5.71 Å². The van der Waals surface area contributed by atoms with Gasteiger partial charge in [0.25, 0.3) is 0 Å². The number of aryl methyl sites for hydroxylation is 1. The molecule has 1 aromatic carbocycles. The summed E-state index contributed by atoms with van der Waals surface area (Å²) >= 11 is 0. The molecule has 3 atom stereocenters. The molecule has 3 nitrogen and oxygen atoms in total. The van der Waals surface area contributed by atoms with Crippen LogP contribution in [0.3, 0.4) is 0 Å². The number of benzene rings is 1. The molecule has 2 aromatic heterocycles. The summed E-state index contributed by atoms with van der Waals surface area (Å²) in [5, 5.41) is 2.31. The summed E-state index contributed by atoms with van der Waals surface area (Å²) in [4.78, 5) is 7.03. The normalized spacial score (nSPS) is 27.4. The summed E-state index contributed by atoms with van der Waals surface area (Å²) in [7, 11) is 0. The van der Waals surface area contributed by atoms with E-state index in [1.54, 1.807) is 6.20 Å². The lowest BCUT2D eigenvalue weighted by Gasteiger charge is -2.36. The predicted octanol–water partition coefficient (Wildman–Crippen LogP) is 4.67. The molecule has 0 spiro atoms. The number of rotatable bonds is 1. The monoisotopic (exact) mass is 292 g/mol. The largest absolute Gasteiger partial charge is 0.436 e. The van der Waals surface area contributed by atoms with Crippen molar-refractivity contribution >= 4 is 27.8 Å². The van der Waals surface area contributed by atoms with Crippen molar-refractivity contribution in [1.29, 1.82) is 0 Å². The molecule has 5 rings (SSSR count). The number of hydrogen-bond acceptors (Lipinski definition) is 3. The summed E-state index contributed by atoms with van der Waals surface area (Å²) in [6.07, 6.45) is 5.86. The van der Waals surface area contributed by atoms with E-state index in [1.165, 1.54) is 35.9 Å². The highest BCUT2D eigenvalue weighted by molar-refractivity contribution is 6.08. The molecule has 2 aliphatic rings. The summed E-state index contributed by atoms with van der Waals surface area (Å²) in [5.41, 5.74) is 4.38. The number of pyridine rings is 1. The Morgan fingerprint density at radius 3 is 2.91 bits per heavy atom. The van der Waals surface area contributed by atoms with E-state index >= 15 is 0 Å². The van der Waals surface area contributed by atoms with Gasteiger partial charge in [-0.2, -0.15) is 0 Å². The van der Waals surface area contributed by atoms with Gasteiger partial charge >= 0.3 is 0 Å². The summed E-state index contributed by atoms with van der Waals surface area (Å²) < 4.78 is 6.18. The molecule has 1 saturated heterocycles. The molecule has 112 valence electrons. The van der Waals surface area contributed by atoms with Crippen molar-refractivity contribution in [3.8, 4) is 0 Å². The summed E-state index contributed by atoms with van der Waals surface area (Å²) in [5.74, 6) is 0.849. The fourth-order valence-electron chi connectivity index (χ4n) is 4.71. The van der Waals surface area contributed by atoms with Gasteiger partial charge in [-0.25, -0.2) is 4.98 Å². The van der Waals surface area contributed by atoms with Gasteiger partial charge in [-0.15, -0.1) is 0 Å². The smallest absolute Gasteiger partial charge is 0.227 e. The van der Waals surface area contributed by atoms with Gasteiger partial charge in [-0.3, -0.25) is 0 Å². The highest BCUT2D eigenvalue weighted by atomic mass is 16.3. The lowest BCUT2D eigenvalue weighted by molar-refractivity contribution is 0.453. The molecule has 3 heteroatoms. The Hall–Kier alpha value is -2.03. The molecule has 1 aliphatic carbocycles. The van der Waals surface area contributed by atoms with Gasteiger partial charge in [0.15, 0.2) is 5.58 Å². The van der Waals surface area contributed by atoms with E-state index in [0.717, 1.165) is 22.6 Å². The van der Waals surface area contributed by atoms with Crippen LogP contribution in [0.4, 0.5) is 5.69 Å². The molecule has 0 N–H and O–H groups in total. The number of anilines is 1. The van der Waals surface area contributed by atoms with Crippen LogP contribution in [0.15, 0.2) is 34.9 Å². The molecule has 2 fully saturated rings. The van der Waals surface area contributed by atoms with E-state index in [2.05, 4.69) is 41.9 Å². The van der Waals surface area contributed by atoms with Gasteiger partial charge in [0.05, 0.1) is 5.69 Å². The third kappa shape index (κ3) is 1.49. The molecule has 0 amide bonds. The first-order valence-corrected chi connectivity index (χ1v) is 8.29. The summed E-state index contributed by atoms with van der Waals surface area (Å²) in [6, 6.07) is 9.80. The second-order valence-electron chi connectivity index (χ2n) is 6.94. The minimum atomic E-state index is 0.615. The maximum atomic E-state index is 6.18. The highest BCUT2D eigenvalue weighted by Gasteiger charge is 2.44. The second kappa shape index (κ2) is 4.25. The average Bonchev–Trinajstić information content (AvgIpc) is 3.20. The molecule has 1 saturated carbocycles. The number of piperidine rings is 1. The van der Waals surface area contributed by atoms with Crippen LogP contribution >= 0.6 is 0 Å². The van der Waals surface area contributed by atoms with Crippen molar-refractivity contribution in [2.24, 2.45) is 5.92 Å². The maximum absolute atomic E-state index is 6.18. The zero-order chi connectivity index (χ0) is 14.8. The maximum Gasteiger partial charge on any atom is 0.227 e. The topological polar surface area (TPSA) is 29.3 Å². The molecule has 22 heavy (non-hydrogen) atoms. The highest BCUT2D eigenvalue weighted by Crippen LogP contribution is 2.48. The first kappa shape index (κ1) is 12.5. The van der Waals surface area contributed by atoms with Crippen LogP contribution in [0.2, 0.25) is 0 Å². The number of fused-ring (bicyclic) bond motifs is 5. The van der Waals surface area contributed by atoms with Crippen LogP contribution < -0.4 is 4.90 Å².